The number of anilines is 1. The molecule has 2 N–H and O–H groups in total. The van der Waals surface area contributed by atoms with Crippen molar-refractivity contribution in [3.05, 3.63) is 40.9 Å². The maximum Gasteiger partial charge on any atom is 0.243 e. The van der Waals surface area contributed by atoms with E-state index in [0.717, 1.165) is 35.3 Å². The predicted octanol–water partition coefficient (Wildman–Crippen LogP) is 3.87. The number of hydrogen-bond donors (Lipinski definition) is 2. The zero-order chi connectivity index (χ0) is 18.8. The number of halogens is 1. The molecule has 0 radical (unpaired) electrons. The molecule has 140 valence electrons. The first kappa shape index (κ1) is 17.9. The standard InChI is InChI=1S/C20H22ClN5O/c1-13-10-14(16-12-15(27)4-5-17(16)21)11-18-19(13)23-20(25-24-18)22-6-9-26-7-2-3-8-26/h4-5,10-12,27H,2-3,6-9H2,1H3,(H,22,23,25). The Morgan fingerprint density at radius 1 is 1.15 bits per heavy atom. The van der Waals surface area contributed by atoms with Crippen molar-refractivity contribution in [2.45, 2.75) is 19.8 Å². The Bertz CT molecular complexity index is 972. The maximum absolute atomic E-state index is 9.77. The number of nitrogens with zero attached hydrogens (tertiary/aromatic N) is 4. The van der Waals surface area contributed by atoms with Gasteiger partial charge < -0.3 is 15.3 Å². The van der Waals surface area contributed by atoms with Crippen LogP contribution in [0, 0.1) is 6.92 Å². The Labute approximate surface area is 163 Å². The highest BCUT2D eigenvalue weighted by atomic mass is 35.5. The van der Waals surface area contributed by atoms with Crippen LogP contribution in [0.25, 0.3) is 22.2 Å². The highest BCUT2D eigenvalue weighted by Crippen LogP contribution is 2.33. The van der Waals surface area contributed by atoms with Gasteiger partial charge >= 0.3 is 0 Å². The molecule has 1 aromatic heterocycles. The van der Waals surface area contributed by atoms with Crippen LogP contribution in [-0.4, -0.2) is 51.4 Å². The van der Waals surface area contributed by atoms with E-state index < -0.39 is 0 Å². The van der Waals surface area contributed by atoms with Crippen LogP contribution >= 0.6 is 11.6 Å². The second-order valence-corrected chi connectivity index (χ2v) is 7.34. The summed E-state index contributed by atoms with van der Waals surface area (Å²) in [7, 11) is 0. The van der Waals surface area contributed by atoms with Crippen molar-refractivity contribution in [2.24, 2.45) is 0 Å². The number of aromatic hydroxyl groups is 1. The van der Waals surface area contributed by atoms with Gasteiger partial charge in [-0.1, -0.05) is 11.6 Å². The highest BCUT2D eigenvalue weighted by Gasteiger charge is 2.12. The van der Waals surface area contributed by atoms with Gasteiger partial charge in [0.25, 0.3) is 0 Å². The number of rotatable bonds is 5. The molecule has 6 nitrogen and oxygen atoms in total. The molecule has 1 saturated heterocycles. The number of aromatic nitrogens is 3. The van der Waals surface area contributed by atoms with E-state index in [1.165, 1.54) is 25.9 Å². The summed E-state index contributed by atoms with van der Waals surface area (Å²) in [5.41, 5.74) is 4.14. The van der Waals surface area contributed by atoms with Crippen molar-refractivity contribution in [1.82, 2.24) is 20.1 Å². The number of benzene rings is 2. The van der Waals surface area contributed by atoms with Gasteiger partial charge in [-0.2, -0.15) is 0 Å². The molecule has 2 aromatic carbocycles. The van der Waals surface area contributed by atoms with E-state index in [2.05, 4.69) is 25.4 Å². The third kappa shape index (κ3) is 3.96. The summed E-state index contributed by atoms with van der Waals surface area (Å²) in [6.45, 7) is 6.15. The maximum atomic E-state index is 9.77. The van der Waals surface area contributed by atoms with Crippen LogP contribution in [0.1, 0.15) is 18.4 Å². The molecule has 27 heavy (non-hydrogen) atoms. The first-order valence-corrected chi connectivity index (χ1v) is 9.58. The summed E-state index contributed by atoms with van der Waals surface area (Å²) in [6, 6.07) is 8.81. The average molecular weight is 384 g/mol. The predicted molar refractivity (Wildman–Crippen MR) is 108 cm³/mol. The van der Waals surface area contributed by atoms with Crippen LogP contribution < -0.4 is 5.32 Å². The van der Waals surface area contributed by atoms with Gasteiger partial charge in [0.15, 0.2) is 0 Å². The number of likely N-dealkylation sites (tertiary alicyclic amines) is 1. The average Bonchev–Trinajstić information content (AvgIpc) is 3.17. The Balaban J connectivity index is 1.57. The smallest absolute Gasteiger partial charge is 0.243 e. The summed E-state index contributed by atoms with van der Waals surface area (Å²) in [5, 5.41) is 22.2. The highest BCUT2D eigenvalue weighted by molar-refractivity contribution is 6.33. The molecule has 0 atom stereocenters. The third-order valence-electron chi connectivity index (χ3n) is 4.92. The summed E-state index contributed by atoms with van der Waals surface area (Å²) in [5.74, 6) is 0.724. The van der Waals surface area contributed by atoms with E-state index in [9.17, 15) is 5.11 Å². The first-order valence-electron chi connectivity index (χ1n) is 9.20. The number of fused-ring (bicyclic) bond motifs is 1. The van der Waals surface area contributed by atoms with Crippen molar-refractivity contribution in [1.29, 1.82) is 0 Å². The molecule has 0 aliphatic carbocycles. The van der Waals surface area contributed by atoms with Crippen LogP contribution in [0.5, 0.6) is 5.75 Å². The summed E-state index contributed by atoms with van der Waals surface area (Å²) in [6.07, 6.45) is 2.58. The summed E-state index contributed by atoms with van der Waals surface area (Å²) in [4.78, 5) is 7.07. The lowest BCUT2D eigenvalue weighted by atomic mass is 10.0. The van der Waals surface area contributed by atoms with E-state index in [1.807, 2.05) is 19.1 Å². The monoisotopic (exact) mass is 383 g/mol. The number of phenolic OH excluding ortho intramolecular Hbond substituents is 1. The molecule has 7 heteroatoms. The Hall–Kier alpha value is -2.44. The molecule has 0 spiro atoms. The van der Waals surface area contributed by atoms with Crippen molar-refractivity contribution in [2.75, 3.05) is 31.5 Å². The largest absolute Gasteiger partial charge is 0.508 e. The molecule has 4 rings (SSSR count). The quantitative estimate of drug-likeness (QED) is 0.696. The second kappa shape index (κ2) is 7.66. The van der Waals surface area contributed by atoms with E-state index in [1.54, 1.807) is 18.2 Å². The Morgan fingerprint density at radius 3 is 2.78 bits per heavy atom. The molecule has 2 heterocycles. The number of aryl methyl sites for hydroxylation is 1. The molecule has 1 fully saturated rings. The zero-order valence-electron chi connectivity index (χ0n) is 15.2. The minimum absolute atomic E-state index is 0.175. The molecular weight excluding hydrogens is 362 g/mol. The molecule has 0 bridgehead atoms. The molecule has 0 amide bonds. The lowest BCUT2D eigenvalue weighted by Crippen LogP contribution is -2.26. The molecule has 1 aliphatic rings. The minimum atomic E-state index is 0.175. The number of phenols is 1. The van der Waals surface area contributed by atoms with Gasteiger partial charge in [0, 0.05) is 23.7 Å². The fraction of sp³-hybridized carbons (Fsp3) is 0.350. The van der Waals surface area contributed by atoms with Crippen LogP contribution in [0.4, 0.5) is 5.95 Å². The molecule has 0 saturated carbocycles. The van der Waals surface area contributed by atoms with Crippen LogP contribution in [0.2, 0.25) is 5.02 Å². The molecule has 0 unspecified atom stereocenters. The number of hydrogen-bond acceptors (Lipinski definition) is 6. The van der Waals surface area contributed by atoms with Crippen LogP contribution in [0.15, 0.2) is 30.3 Å². The normalized spacial score (nSPS) is 14.7. The van der Waals surface area contributed by atoms with Crippen molar-refractivity contribution < 1.29 is 5.11 Å². The third-order valence-corrected chi connectivity index (χ3v) is 5.25. The van der Waals surface area contributed by atoms with Gasteiger partial charge in [0.05, 0.1) is 5.52 Å². The lowest BCUT2D eigenvalue weighted by Gasteiger charge is -2.14. The van der Waals surface area contributed by atoms with Crippen molar-refractivity contribution in [3.63, 3.8) is 0 Å². The van der Waals surface area contributed by atoms with Crippen molar-refractivity contribution in [3.8, 4) is 16.9 Å². The lowest BCUT2D eigenvalue weighted by molar-refractivity contribution is 0.352. The molecule has 3 aromatic rings. The molecule has 1 aliphatic heterocycles. The second-order valence-electron chi connectivity index (χ2n) is 6.94. The van der Waals surface area contributed by atoms with Gasteiger partial charge in [0.1, 0.15) is 11.3 Å². The van der Waals surface area contributed by atoms with Crippen molar-refractivity contribution >= 4 is 28.6 Å². The first-order chi connectivity index (χ1) is 13.1. The Kier molecular flexibility index (Phi) is 5.09. The van der Waals surface area contributed by atoms with Gasteiger partial charge in [-0.3, -0.25) is 0 Å². The summed E-state index contributed by atoms with van der Waals surface area (Å²) >= 11 is 6.29. The van der Waals surface area contributed by atoms with Crippen LogP contribution in [-0.2, 0) is 0 Å². The van der Waals surface area contributed by atoms with Crippen LogP contribution in [0.3, 0.4) is 0 Å². The van der Waals surface area contributed by atoms with Gasteiger partial charge in [0.2, 0.25) is 5.95 Å². The van der Waals surface area contributed by atoms with Gasteiger partial charge in [-0.15, -0.1) is 10.2 Å². The van der Waals surface area contributed by atoms with Gasteiger partial charge in [-0.05, 0) is 74.3 Å². The van der Waals surface area contributed by atoms with E-state index in [-0.39, 0.29) is 5.75 Å². The van der Waals surface area contributed by atoms with E-state index >= 15 is 0 Å². The summed E-state index contributed by atoms with van der Waals surface area (Å²) < 4.78 is 0. The molecular formula is C20H22ClN5O. The number of nitrogens with one attached hydrogen (secondary N) is 1. The fourth-order valence-corrected chi connectivity index (χ4v) is 3.74. The zero-order valence-corrected chi connectivity index (χ0v) is 16.0. The fourth-order valence-electron chi connectivity index (χ4n) is 3.51. The van der Waals surface area contributed by atoms with E-state index in [4.69, 9.17) is 11.6 Å². The van der Waals surface area contributed by atoms with E-state index in [0.29, 0.717) is 16.5 Å². The SMILES string of the molecule is Cc1cc(-c2cc(O)ccc2Cl)cc2nnc(NCCN3CCCC3)nc12. The topological polar surface area (TPSA) is 74.2 Å². The Morgan fingerprint density at radius 2 is 1.96 bits per heavy atom. The minimum Gasteiger partial charge on any atom is -0.508 e. The van der Waals surface area contributed by atoms with Gasteiger partial charge in [-0.25, -0.2) is 4.98 Å².